The van der Waals surface area contributed by atoms with Crippen LogP contribution in [0.5, 0.6) is 0 Å². The van der Waals surface area contributed by atoms with Gasteiger partial charge in [0, 0.05) is 17.8 Å². The third-order valence-corrected chi connectivity index (χ3v) is 3.17. The van der Waals surface area contributed by atoms with Gasteiger partial charge in [-0.1, -0.05) is 11.6 Å². The highest BCUT2D eigenvalue weighted by Crippen LogP contribution is 2.25. The van der Waals surface area contributed by atoms with Crippen molar-refractivity contribution in [1.82, 2.24) is 0 Å². The zero-order chi connectivity index (χ0) is 14.7. The lowest BCUT2D eigenvalue weighted by Crippen LogP contribution is -2.07. The van der Waals surface area contributed by atoms with E-state index in [4.69, 9.17) is 16.9 Å². The van der Waals surface area contributed by atoms with Gasteiger partial charge in [0.1, 0.15) is 17.7 Å². The minimum Gasteiger partial charge on any atom is -0.378 e. The third-order valence-electron chi connectivity index (χ3n) is 2.86. The Kier molecular flexibility index (Phi) is 4.21. The van der Waals surface area contributed by atoms with Gasteiger partial charge in [-0.3, -0.25) is 0 Å². The first-order valence-corrected chi connectivity index (χ1v) is 6.29. The van der Waals surface area contributed by atoms with Crippen LogP contribution in [0.15, 0.2) is 36.4 Å². The van der Waals surface area contributed by atoms with Crippen LogP contribution >= 0.6 is 11.6 Å². The van der Waals surface area contributed by atoms with Crippen LogP contribution in [0.25, 0.3) is 0 Å². The van der Waals surface area contributed by atoms with Crippen LogP contribution in [0.1, 0.15) is 24.1 Å². The molecule has 1 unspecified atom stereocenters. The number of nitriles is 1. The fraction of sp³-hybridized carbons (Fsp3) is 0.133. The molecule has 0 aliphatic rings. The zero-order valence-electron chi connectivity index (χ0n) is 10.6. The van der Waals surface area contributed by atoms with Crippen molar-refractivity contribution in [3.8, 4) is 6.07 Å². The predicted octanol–water partition coefficient (Wildman–Crippen LogP) is 4.66. The molecule has 0 aliphatic carbocycles. The Hall–Kier alpha value is -2.12. The van der Waals surface area contributed by atoms with E-state index in [0.29, 0.717) is 21.8 Å². The number of nitrogens with zero attached hydrogens (tertiary/aromatic N) is 1. The standard InChI is InChI=1S/C15H11ClF2N2/c1-9(11-4-12(17)6-13(18)5-11)20-14-3-2-10(8-19)15(16)7-14/h2-7,9,20H,1H3. The number of hydrogen-bond acceptors (Lipinski definition) is 2. The summed E-state index contributed by atoms with van der Waals surface area (Å²) in [5.41, 5.74) is 1.54. The summed E-state index contributed by atoms with van der Waals surface area (Å²) in [5.74, 6) is -1.24. The number of nitrogens with one attached hydrogen (secondary N) is 1. The molecule has 0 amide bonds. The van der Waals surface area contributed by atoms with E-state index in [2.05, 4.69) is 5.32 Å². The van der Waals surface area contributed by atoms with Crippen LogP contribution in [-0.4, -0.2) is 0 Å². The summed E-state index contributed by atoms with van der Waals surface area (Å²) in [5, 5.41) is 12.2. The van der Waals surface area contributed by atoms with E-state index >= 15 is 0 Å². The Morgan fingerprint density at radius 2 is 1.80 bits per heavy atom. The summed E-state index contributed by atoms with van der Waals surface area (Å²) in [6, 6.07) is 9.91. The molecular formula is C15H11ClF2N2. The molecule has 102 valence electrons. The number of hydrogen-bond donors (Lipinski definition) is 1. The minimum absolute atomic E-state index is 0.302. The Balaban J connectivity index is 2.21. The summed E-state index contributed by atoms with van der Waals surface area (Å²) in [4.78, 5) is 0. The van der Waals surface area contributed by atoms with Gasteiger partial charge in [0.2, 0.25) is 0 Å². The smallest absolute Gasteiger partial charge is 0.126 e. The zero-order valence-corrected chi connectivity index (χ0v) is 11.4. The molecule has 0 saturated heterocycles. The lowest BCUT2D eigenvalue weighted by molar-refractivity contribution is 0.577. The van der Waals surface area contributed by atoms with E-state index in [1.807, 2.05) is 6.07 Å². The molecule has 0 bridgehead atoms. The molecule has 20 heavy (non-hydrogen) atoms. The van der Waals surface area contributed by atoms with E-state index < -0.39 is 11.6 Å². The molecule has 2 rings (SSSR count). The summed E-state index contributed by atoms with van der Waals surface area (Å²) >= 11 is 5.93. The highest BCUT2D eigenvalue weighted by molar-refractivity contribution is 6.32. The third kappa shape index (κ3) is 3.25. The molecule has 5 heteroatoms. The van der Waals surface area contributed by atoms with Crippen LogP contribution in [0.3, 0.4) is 0 Å². The number of benzene rings is 2. The van der Waals surface area contributed by atoms with Crippen LogP contribution in [0, 0.1) is 23.0 Å². The van der Waals surface area contributed by atoms with Gasteiger partial charge in [-0.05, 0) is 42.8 Å². The maximum atomic E-state index is 13.2. The first kappa shape index (κ1) is 14.3. The maximum absolute atomic E-state index is 13.2. The summed E-state index contributed by atoms with van der Waals surface area (Å²) in [7, 11) is 0. The fourth-order valence-corrected chi connectivity index (χ4v) is 2.08. The molecule has 0 aliphatic heterocycles. The van der Waals surface area contributed by atoms with Gasteiger partial charge >= 0.3 is 0 Å². The van der Waals surface area contributed by atoms with Crippen molar-refractivity contribution in [2.24, 2.45) is 0 Å². The SMILES string of the molecule is CC(Nc1ccc(C#N)c(Cl)c1)c1cc(F)cc(F)c1. The van der Waals surface area contributed by atoms with Crippen molar-refractivity contribution in [2.45, 2.75) is 13.0 Å². The van der Waals surface area contributed by atoms with E-state index in [-0.39, 0.29) is 6.04 Å². The maximum Gasteiger partial charge on any atom is 0.126 e. The van der Waals surface area contributed by atoms with Crippen molar-refractivity contribution in [1.29, 1.82) is 5.26 Å². The molecule has 0 radical (unpaired) electrons. The largest absolute Gasteiger partial charge is 0.378 e. The number of anilines is 1. The molecule has 1 N–H and O–H groups in total. The van der Waals surface area contributed by atoms with Crippen molar-refractivity contribution < 1.29 is 8.78 Å². The highest BCUT2D eigenvalue weighted by atomic mass is 35.5. The summed E-state index contributed by atoms with van der Waals surface area (Å²) in [6.45, 7) is 1.78. The van der Waals surface area contributed by atoms with Crippen molar-refractivity contribution in [3.05, 3.63) is 64.2 Å². The Bertz CT molecular complexity index is 660. The average molecular weight is 293 g/mol. The molecule has 0 heterocycles. The summed E-state index contributed by atoms with van der Waals surface area (Å²) in [6.07, 6.45) is 0. The van der Waals surface area contributed by atoms with Crippen LogP contribution in [0.4, 0.5) is 14.5 Å². The normalized spacial score (nSPS) is 11.8. The van der Waals surface area contributed by atoms with Crippen LogP contribution in [0.2, 0.25) is 5.02 Å². The molecular weight excluding hydrogens is 282 g/mol. The molecule has 0 saturated carbocycles. The highest BCUT2D eigenvalue weighted by Gasteiger charge is 2.09. The Labute approximate surface area is 120 Å². The molecule has 2 nitrogen and oxygen atoms in total. The van der Waals surface area contributed by atoms with E-state index in [9.17, 15) is 8.78 Å². The minimum atomic E-state index is -0.619. The second-order valence-corrected chi connectivity index (χ2v) is 4.78. The van der Waals surface area contributed by atoms with E-state index in [1.54, 1.807) is 25.1 Å². The van der Waals surface area contributed by atoms with Gasteiger partial charge in [-0.15, -0.1) is 0 Å². The second kappa shape index (κ2) is 5.89. The van der Waals surface area contributed by atoms with Gasteiger partial charge < -0.3 is 5.32 Å². The molecule has 2 aromatic rings. The molecule has 0 fully saturated rings. The Morgan fingerprint density at radius 3 is 2.35 bits per heavy atom. The van der Waals surface area contributed by atoms with Crippen molar-refractivity contribution >= 4 is 17.3 Å². The van der Waals surface area contributed by atoms with Crippen LogP contribution < -0.4 is 5.32 Å². The first-order chi connectivity index (χ1) is 9.49. The van der Waals surface area contributed by atoms with Gasteiger partial charge in [-0.2, -0.15) is 5.26 Å². The quantitative estimate of drug-likeness (QED) is 0.893. The topological polar surface area (TPSA) is 35.8 Å². The second-order valence-electron chi connectivity index (χ2n) is 4.38. The number of rotatable bonds is 3. The first-order valence-electron chi connectivity index (χ1n) is 5.92. The average Bonchev–Trinajstić information content (AvgIpc) is 2.37. The summed E-state index contributed by atoms with van der Waals surface area (Å²) < 4.78 is 26.3. The molecule has 0 spiro atoms. The van der Waals surface area contributed by atoms with E-state index in [1.165, 1.54) is 12.1 Å². The lowest BCUT2D eigenvalue weighted by Gasteiger charge is -2.16. The lowest BCUT2D eigenvalue weighted by atomic mass is 10.1. The number of halogens is 3. The fourth-order valence-electron chi connectivity index (χ4n) is 1.85. The molecule has 1 atom stereocenters. The monoisotopic (exact) mass is 292 g/mol. The Morgan fingerprint density at radius 1 is 1.15 bits per heavy atom. The van der Waals surface area contributed by atoms with Gasteiger partial charge in [-0.25, -0.2) is 8.78 Å². The van der Waals surface area contributed by atoms with Gasteiger partial charge in [0.05, 0.1) is 10.6 Å². The molecule has 0 aromatic heterocycles. The van der Waals surface area contributed by atoms with Gasteiger partial charge in [0.25, 0.3) is 0 Å². The van der Waals surface area contributed by atoms with E-state index in [0.717, 1.165) is 6.07 Å². The van der Waals surface area contributed by atoms with Crippen LogP contribution in [-0.2, 0) is 0 Å². The van der Waals surface area contributed by atoms with Gasteiger partial charge in [0.15, 0.2) is 0 Å². The van der Waals surface area contributed by atoms with Crippen molar-refractivity contribution in [3.63, 3.8) is 0 Å². The predicted molar refractivity (Wildman–Crippen MR) is 74.6 cm³/mol. The van der Waals surface area contributed by atoms with Crippen molar-refractivity contribution in [2.75, 3.05) is 5.32 Å². The molecule has 2 aromatic carbocycles.